The molecule has 9 heteroatoms. The van der Waals surface area contributed by atoms with Gasteiger partial charge in [0.1, 0.15) is 5.25 Å². The molecule has 1 aliphatic rings. The van der Waals surface area contributed by atoms with E-state index in [0.717, 1.165) is 23.9 Å². The lowest BCUT2D eigenvalue weighted by atomic mass is 10.1. The number of nitrogens with zero attached hydrogens (tertiary/aromatic N) is 3. The number of carbonyl (C=O) groups is 2. The number of imide groups is 1. The minimum atomic E-state index is -4.66. The van der Waals surface area contributed by atoms with Crippen molar-refractivity contribution in [1.29, 1.82) is 0 Å². The molecule has 0 unspecified atom stereocenters. The number of carbonyl (C=O) groups excluding carboxylic acids is 2. The fraction of sp³-hybridized carbons (Fsp3) is 0.200. The highest BCUT2D eigenvalue weighted by molar-refractivity contribution is 8.00. The minimum Gasteiger partial charge on any atom is -0.274 e. The average Bonchev–Trinajstić information content (AvgIpc) is 2.81. The second-order valence-corrected chi connectivity index (χ2v) is 6.09. The van der Waals surface area contributed by atoms with Crippen LogP contribution >= 0.6 is 11.8 Å². The second kappa shape index (κ2) is 6.23. The predicted molar refractivity (Wildman–Crippen MR) is 80.2 cm³/mol. The van der Waals surface area contributed by atoms with E-state index in [1.54, 1.807) is 6.07 Å². The molecule has 1 aliphatic heterocycles. The Hall–Kier alpha value is -2.42. The van der Waals surface area contributed by atoms with Gasteiger partial charge in [0.2, 0.25) is 11.8 Å². The van der Waals surface area contributed by atoms with E-state index in [9.17, 15) is 22.8 Å². The van der Waals surface area contributed by atoms with E-state index < -0.39 is 34.5 Å². The number of para-hydroxylation sites is 1. The number of halogens is 3. The molecule has 1 saturated heterocycles. The number of hydrogen-bond donors (Lipinski definition) is 0. The largest absolute Gasteiger partial charge is 0.418 e. The fourth-order valence-electron chi connectivity index (χ4n) is 2.33. The zero-order valence-corrected chi connectivity index (χ0v) is 12.8. The first kappa shape index (κ1) is 16.4. The third-order valence-electron chi connectivity index (χ3n) is 3.35. The lowest BCUT2D eigenvalue weighted by Gasteiger charge is -2.19. The summed E-state index contributed by atoms with van der Waals surface area (Å²) in [6.07, 6.45) is -1.90. The van der Waals surface area contributed by atoms with Crippen LogP contribution in [-0.2, 0) is 15.8 Å². The lowest BCUT2D eigenvalue weighted by Crippen LogP contribution is -2.33. The first-order chi connectivity index (χ1) is 11.4. The molecular formula is C15H10F3N3O2S. The van der Waals surface area contributed by atoms with Crippen LogP contribution in [0.4, 0.5) is 18.9 Å². The molecule has 2 amide bonds. The number of benzene rings is 1. The van der Waals surface area contributed by atoms with Gasteiger partial charge in [-0.3, -0.25) is 9.59 Å². The Labute approximate surface area is 138 Å². The standard InChI is InChI=1S/C15H10F3N3O2S/c16-15(17,18)9-4-1-2-5-10(9)21-12(22)8-11(13(21)23)24-14-19-6-3-7-20-14/h1-7,11H,8H2/t11-/m0/s1. The Bertz CT molecular complexity index is 783. The highest BCUT2D eigenvalue weighted by Gasteiger charge is 2.44. The zero-order valence-electron chi connectivity index (χ0n) is 12.0. The minimum absolute atomic E-state index is 0.200. The van der Waals surface area contributed by atoms with E-state index in [1.165, 1.54) is 24.5 Å². The van der Waals surface area contributed by atoms with Crippen molar-refractivity contribution in [2.45, 2.75) is 23.0 Å². The van der Waals surface area contributed by atoms with Gasteiger partial charge in [-0.05, 0) is 18.2 Å². The van der Waals surface area contributed by atoms with Crippen LogP contribution in [0.25, 0.3) is 0 Å². The van der Waals surface area contributed by atoms with Crippen LogP contribution < -0.4 is 4.90 Å². The van der Waals surface area contributed by atoms with Crippen molar-refractivity contribution in [2.75, 3.05) is 4.90 Å². The van der Waals surface area contributed by atoms with Crippen LogP contribution in [0, 0.1) is 0 Å². The van der Waals surface area contributed by atoms with Crippen LogP contribution in [0.3, 0.4) is 0 Å². The van der Waals surface area contributed by atoms with Gasteiger partial charge in [-0.2, -0.15) is 13.2 Å². The lowest BCUT2D eigenvalue weighted by molar-refractivity contribution is -0.137. The number of rotatable bonds is 3. The Morgan fingerprint density at radius 3 is 2.42 bits per heavy atom. The maximum atomic E-state index is 13.1. The fourth-order valence-corrected chi connectivity index (χ4v) is 3.26. The first-order valence-corrected chi connectivity index (χ1v) is 7.72. The summed E-state index contributed by atoms with van der Waals surface area (Å²) < 4.78 is 39.4. The molecular weight excluding hydrogens is 343 g/mol. The molecule has 1 atom stereocenters. The highest BCUT2D eigenvalue weighted by Crippen LogP contribution is 2.40. The number of hydrogen-bond acceptors (Lipinski definition) is 5. The highest BCUT2D eigenvalue weighted by atomic mass is 32.2. The SMILES string of the molecule is O=C1C[C@H](Sc2ncccn2)C(=O)N1c1ccccc1C(F)(F)F. The molecule has 0 N–H and O–H groups in total. The summed E-state index contributed by atoms with van der Waals surface area (Å²) in [5.41, 5.74) is -1.47. The van der Waals surface area contributed by atoms with Crippen molar-refractivity contribution in [3.8, 4) is 0 Å². The van der Waals surface area contributed by atoms with Crippen LogP contribution in [-0.4, -0.2) is 27.0 Å². The summed E-state index contributed by atoms with van der Waals surface area (Å²) >= 11 is 0.959. The molecule has 0 radical (unpaired) electrons. The van der Waals surface area contributed by atoms with E-state index >= 15 is 0 Å². The van der Waals surface area contributed by atoms with Gasteiger partial charge in [-0.1, -0.05) is 23.9 Å². The molecule has 5 nitrogen and oxygen atoms in total. The van der Waals surface area contributed by atoms with Gasteiger partial charge in [0.15, 0.2) is 5.16 Å². The van der Waals surface area contributed by atoms with Crippen molar-refractivity contribution in [2.24, 2.45) is 0 Å². The Kier molecular flexibility index (Phi) is 4.27. The van der Waals surface area contributed by atoms with Crippen LogP contribution in [0.15, 0.2) is 47.9 Å². The topological polar surface area (TPSA) is 63.2 Å². The maximum absolute atomic E-state index is 13.1. The first-order valence-electron chi connectivity index (χ1n) is 6.84. The van der Waals surface area contributed by atoms with Crippen molar-refractivity contribution >= 4 is 29.3 Å². The molecule has 3 rings (SSSR count). The van der Waals surface area contributed by atoms with Gasteiger partial charge in [0.25, 0.3) is 0 Å². The van der Waals surface area contributed by atoms with Gasteiger partial charge in [0, 0.05) is 18.8 Å². The molecule has 1 fully saturated rings. The summed E-state index contributed by atoms with van der Waals surface area (Å²) in [4.78, 5) is 33.1. The monoisotopic (exact) mass is 353 g/mol. The molecule has 124 valence electrons. The summed E-state index contributed by atoms with van der Waals surface area (Å²) in [5, 5.41) is -0.559. The number of aromatic nitrogens is 2. The average molecular weight is 353 g/mol. The van der Waals surface area contributed by atoms with E-state index in [2.05, 4.69) is 9.97 Å². The molecule has 2 heterocycles. The van der Waals surface area contributed by atoms with Gasteiger partial charge in [-0.15, -0.1) is 0 Å². The van der Waals surface area contributed by atoms with Crippen LogP contribution in [0.1, 0.15) is 12.0 Å². The van der Waals surface area contributed by atoms with Crippen molar-refractivity contribution < 1.29 is 22.8 Å². The van der Waals surface area contributed by atoms with E-state index in [4.69, 9.17) is 0 Å². The third kappa shape index (κ3) is 3.12. The van der Waals surface area contributed by atoms with E-state index in [0.29, 0.717) is 4.90 Å². The van der Waals surface area contributed by atoms with Crippen LogP contribution in [0.5, 0.6) is 0 Å². The number of thioether (sulfide) groups is 1. The van der Waals surface area contributed by atoms with E-state index in [-0.39, 0.29) is 11.6 Å². The Balaban J connectivity index is 1.91. The quantitative estimate of drug-likeness (QED) is 0.627. The molecule has 1 aromatic carbocycles. The van der Waals surface area contributed by atoms with Crippen LogP contribution in [0.2, 0.25) is 0 Å². The van der Waals surface area contributed by atoms with E-state index in [1.807, 2.05) is 0 Å². The van der Waals surface area contributed by atoms with Crippen molar-refractivity contribution in [3.05, 3.63) is 48.3 Å². The molecule has 24 heavy (non-hydrogen) atoms. The molecule has 2 aromatic rings. The smallest absolute Gasteiger partial charge is 0.274 e. The molecule has 0 aliphatic carbocycles. The van der Waals surface area contributed by atoms with Gasteiger partial charge in [-0.25, -0.2) is 14.9 Å². The Morgan fingerprint density at radius 1 is 1.08 bits per heavy atom. The summed E-state index contributed by atoms with van der Waals surface area (Å²) in [6, 6.07) is 6.12. The van der Waals surface area contributed by atoms with Gasteiger partial charge < -0.3 is 0 Å². The molecule has 0 spiro atoms. The summed E-state index contributed by atoms with van der Waals surface area (Å²) in [5.74, 6) is -1.38. The van der Waals surface area contributed by atoms with Crippen molar-refractivity contribution in [1.82, 2.24) is 9.97 Å². The Morgan fingerprint density at radius 2 is 1.75 bits per heavy atom. The normalized spacial score (nSPS) is 18.3. The summed E-state index contributed by atoms with van der Waals surface area (Å²) in [7, 11) is 0. The number of alkyl halides is 3. The third-order valence-corrected chi connectivity index (χ3v) is 4.42. The molecule has 0 saturated carbocycles. The maximum Gasteiger partial charge on any atom is 0.418 e. The van der Waals surface area contributed by atoms with Crippen molar-refractivity contribution in [3.63, 3.8) is 0 Å². The second-order valence-electron chi connectivity index (χ2n) is 4.92. The predicted octanol–water partition coefficient (Wildman–Crippen LogP) is 2.92. The van der Waals surface area contributed by atoms with Gasteiger partial charge >= 0.3 is 6.18 Å². The molecule has 0 bridgehead atoms. The zero-order chi connectivity index (χ0) is 17.3. The number of anilines is 1. The van der Waals surface area contributed by atoms with Gasteiger partial charge in [0.05, 0.1) is 11.3 Å². The number of amides is 2. The summed E-state index contributed by atoms with van der Waals surface area (Å²) in [6.45, 7) is 0. The molecule has 1 aromatic heterocycles.